The molecule has 0 unspecified atom stereocenters. The molecule has 1 heterocycles. The summed E-state index contributed by atoms with van der Waals surface area (Å²) in [4.78, 5) is 14.1. The van der Waals surface area contributed by atoms with Gasteiger partial charge in [0.15, 0.2) is 6.61 Å². The van der Waals surface area contributed by atoms with Crippen molar-refractivity contribution < 1.29 is 9.53 Å². The molecular weight excluding hydrogens is 386 g/mol. The summed E-state index contributed by atoms with van der Waals surface area (Å²) < 4.78 is 6.47. The molecule has 1 amide bonds. The molecule has 1 aromatic rings. The Morgan fingerprint density at radius 2 is 2.05 bits per heavy atom. The molecule has 0 saturated heterocycles. The maximum absolute atomic E-state index is 12.3. The van der Waals surface area contributed by atoms with Crippen LogP contribution in [0.3, 0.4) is 0 Å². The van der Waals surface area contributed by atoms with Crippen molar-refractivity contribution in [2.45, 2.75) is 26.7 Å². The number of carbonyl (C=O) groups excluding carboxylic acids is 1. The van der Waals surface area contributed by atoms with E-state index >= 15 is 0 Å². The Hall–Kier alpha value is -0.550. The van der Waals surface area contributed by atoms with Crippen LogP contribution in [0.25, 0.3) is 0 Å². The van der Waals surface area contributed by atoms with Crippen molar-refractivity contribution in [1.82, 2.24) is 0 Å². The molecule has 2 rings (SSSR count). The molecule has 1 aliphatic heterocycles. The second-order valence-electron chi connectivity index (χ2n) is 5.22. The number of rotatable bonds is 5. The van der Waals surface area contributed by atoms with Gasteiger partial charge in [0, 0.05) is 16.3 Å². The van der Waals surface area contributed by atoms with E-state index in [4.69, 9.17) is 4.74 Å². The average molecular weight is 405 g/mol. The predicted octanol–water partition coefficient (Wildman–Crippen LogP) is 4.38. The molecule has 0 atom stereocenters. The number of hydrogen-bond donors (Lipinski definition) is 0. The number of alkyl halides is 1. The third kappa shape index (κ3) is 3.03. The van der Waals surface area contributed by atoms with Crippen LogP contribution in [-0.4, -0.2) is 24.4 Å². The van der Waals surface area contributed by atoms with Gasteiger partial charge in [-0.2, -0.15) is 0 Å². The zero-order valence-electron chi connectivity index (χ0n) is 11.8. The third-order valence-electron chi connectivity index (χ3n) is 4.14. The topological polar surface area (TPSA) is 29.5 Å². The van der Waals surface area contributed by atoms with E-state index in [0.29, 0.717) is 0 Å². The van der Waals surface area contributed by atoms with E-state index in [9.17, 15) is 4.79 Å². The van der Waals surface area contributed by atoms with E-state index in [1.807, 2.05) is 23.1 Å². The minimum absolute atomic E-state index is 0.0304. The zero-order chi connectivity index (χ0) is 14.8. The van der Waals surface area contributed by atoms with Crippen LogP contribution < -0.4 is 9.64 Å². The maximum Gasteiger partial charge on any atom is 0.265 e. The minimum Gasteiger partial charge on any atom is -0.482 e. The Morgan fingerprint density at radius 1 is 1.35 bits per heavy atom. The van der Waals surface area contributed by atoms with E-state index < -0.39 is 0 Å². The van der Waals surface area contributed by atoms with E-state index in [2.05, 4.69) is 45.7 Å². The molecule has 0 bridgehead atoms. The molecule has 0 N–H and O–H groups in total. The summed E-state index contributed by atoms with van der Waals surface area (Å²) in [6.07, 6.45) is 2.06. The van der Waals surface area contributed by atoms with Gasteiger partial charge in [-0.25, -0.2) is 0 Å². The first-order valence-corrected chi connectivity index (χ1v) is 8.75. The molecule has 1 aliphatic rings. The standard InChI is InChI=1S/C15H19Br2NO2/c1-3-15(4-2,9-16)10-18-12-7-11(17)5-6-13(12)20-8-14(18)19/h5-7H,3-4,8-10H2,1-2H3. The predicted molar refractivity (Wildman–Crippen MR) is 88.8 cm³/mol. The van der Waals surface area contributed by atoms with Crippen LogP contribution in [0.2, 0.25) is 0 Å². The van der Waals surface area contributed by atoms with Gasteiger partial charge in [0.25, 0.3) is 5.91 Å². The van der Waals surface area contributed by atoms with Crippen LogP contribution in [0.4, 0.5) is 5.69 Å². The highest BCUT2D eigenvalue weighted by Crippen LogP contribution is 2.38. The number of fused-ring (bicyclic) bond motifs is 1. The van der Waals surface area contributed by atoms with E-state index in [1.54, 1.807) is 0 Å². The first kappa shape index (κ1) is 15.8. The van der Waals surface area contributed by atoms with Gasteiger partial charge in [0.2, 0.25) is 0 Å². The quantitative estimate of drug-likeness (QED) is 0.681. The number of nitrogens with zero attached hydrogens (tertiary/aromatic N) is 1. The fourth-order valence-electron chi connectivity index (χ4n) is 2.39. The molecular formula is C15H19Br2NO2. The Morgan fingerprint density at radius 3 is 2.65 bits per heavy atom. The lowest BCUT2D eigenvalue weighted by Gasteiger charge is -2.38. The largest absolute Gasteiger partial charge is 0.482 e. The molecule has 0 aromatic heterocycles. The zero-order valence-corrected chi connectivity index (χ0v) is 15.0. The van der Waals surface area contributed by atoms with Gasteiger partial charge < -0.3 is 9.64 Å². The Bertz CT molecular complexity index is 492. The number of ether oxygens (including phenoxy) is 1. The summed E-state index contributed by atoms with van der Waals surface area (Å²) in [5, 5.41) is 0.890. The van der Waals surface area contributed by atoms with Crippen molar-refractivity contribution in [2.75, 3.05) is 23.4 Å². The highest BCUT2D eigenvalue weighted by molar-refractivity contribution is 9.10. The Balaban J connectivity index is 2.36. The van der Waals surface area contributed by atoms with E-state index in [1.165, 1.54) is 0 Å². The summed E-state index contributed by atoms with van der Waals surface area (Å²) in [5.74, 6) is 0.811. The Labute approximate surface area is 136 Å². The monoisotopic (exact) mass is 403 g/mol. The molecule has 110 valence electrons. The fourth-order valence-corrected chi connectivity index (χ4v) is 3.71. The Kier molecular flexibility index (Phi) is 5.13. The molecule has 1 aromatic carbocycles. The number of benzene rings is 1. The van der Waals surface area contributed by atoms with Crippen molar-refractivity contribution in [3.8, 4) is 5.75 Å². The van der Waals surface area contributed by atoms with Crippen molar-refractivity contribution in [2.24, 2.45) is 5.41 Å². The van der Waals surface area contributed by atoms with Gasteiger partial charge >= 0.3 is 0 Å². The van der Waals surface area contributed by atoms with Crippen molar-refractivity contribution in [3.63, 3.8) is 0 Å². The number of carbonyl (C=O) groups is 1. The first-order valence-electron chi connectivity index (χ1n) is 6.84. The SMILES string of the molecule is CCC(CC)(CBr)CN1C(=O)COc2ccc(Br)cc21. The summed E-state index contributed by atoms with van der Waals surface area (Å²) in [7, 11) is 0. The van der Waals surface area contributed by atoms with Crippen LogP contribution in [0.15, 0.2) is 22.7 Å². The van der Waals surface area contributed by atoms with Gasteiger partial charge in [-0.1, -0.05) is 45.7 Å². The van der Waals surface area contributed by atoms with Gasteiger partial charge in [-0.3, -0.25) is 4.79 Å². The first-order chi connectivity index (χ1) is 9.55. The lowest BCUT2D eigenvalue weighted by atomic mass is 9.84. The second-order valence-corrected chi connectivity index (χ2v) is 6.70. The van der Waals surface area contributed by atoms with Crippen LogP contribution in [-0.2, 0) is 4.79 Å². The van der Waals surface area contributed by atoms with Crippen molar-refractivity contribution in [3.05, 3.63) is 22.7 Å². The minimum atomic E-state index is 0.0304. The van der Waals surface area contributed by atoms with Gasteiger partial charge in [-0.05, 0) is 36.5 Å². The summed E-state index contributed by atoms with van der Waals surface area (Å²) in [6.45, 7) is 5.20. The van der Waals surface area contributed by atoms with Crippen LogP contribution in [0.1, 0.15) is 26.7 Å². The highest BCUT2D eigenvalue weighted by atomic mass is 79.9. The highest BCUT2D eigenvalue weighted by Gasteiger charge is 2.34. The lowest BCUT2D eigenvalue weighted by molar-refractivity contribution is -0.121. The average Bonchev–Trinajstić information content (AvgIpc) is 2.47. The normalized spacial score (nSPS) is 15.0. The van der Waals surface area contributed by atoms with Gasteiger partial charge in [-0.15, -0.1) is 0 Å². The number of hydrogen-bond acceptors (Lipinski definition) is 2. The molecule has 3 nitrogen and oxygen atoms in total. The molecule has 0 fully saturated rings. The summed E-state index contributed by atoms with van der Waals surface area (Å²) in [5.41, 5.74) is 0.968. The third-order valence-corrected chi connectivity index (χ3v) is 5.82. The molecule has 0 spiro atoms. The number of anilines is 1. The van der Waals surface area contributed by atoms with Crippen LogP contribution in [0.5, 0.6) is 5.75 Å². The molecule has 20 heavy (non-hydrogen) atoms. The van der Waals surface area contributed by atoms with E-state index in [0.717, 1.165) is 40.6 Å². The molecule has 0 saturated carbocycles. The van der Waals surface area contributed by atoms with Crippen molar-refractivity contribution >= 4 is 43.5 Å². The maximum atomic E-state index is 12.3. The second kappa shape index (κ2) is 6.48. The van der Waals surface area contributed by atoms with Crippen molar-refractivity contribution in [1.29, 1.82) is 0 Å². The molecule has 5 heteroatoms. The summed E-state index contributed by atoms with van der Waals surface area (Å²) in [6, 6.07) is 5.80. The molecule has 0 aliphatic carbocycles. The fraction of sp³-hybridized carbons (Fsp3) is 0.533. The van der Waals surface area contributed by atoms with Crippen LogP contribution in [0, 0.1) is 5.41 Å². The van der Waals surface area contributed by atoms with Gasteiger partial charge in [0.1, 0.15) is 5.75 Å². The smallest absolute Gasteiger partial charge is 0.265 e. The number of halogens is 2. The lowest BCUT2D eigenvalue weighted by Crippen LogP contribution is -2.46. The molecule has 0 radical (unpaired) electrons. The van der Waals surface area contributed by atoms with E-state index in [-0.39, 0.29) is 17.9 Å². The van der Waals surface area contributed by atoms with Gasteiger partial charge in [0.05, 0.1) is 5.69 Å². The van der Waals surface area contributed by atoms with Crippen LogP contribution >= 0.6 is 31.9 Å². The summed E-state index contributed by atoms with van der Waals surface area (Å²) >= 11 is 7.08. The number of amides is 1.